The van der Waals surface area contributed by atoms with E-state index in [1.54, 1.807) is 36.4 Å². The molecule has 0 unspecified atom stereocenters. The van der Waals surface area contributed by atoms with Crippen LogP contribution in [0.2, 0.25) is 0 Å². The van der Waals surface area contributed by atoms with Gasteiger partial charge in [-0.1, -0.05) is 26.0 Å². The molecule has 0 radical (unpaired) electrons. The van der Waals surface area contributed by atoms with Crippen molar-refractivity contribution in [2.75, 3.05) is 6.61 Å². The highest BCUT2D eigenvalue weighted by molar-refractivity contribution is 6.07. The predicted molar refractivity (Wildman–Crippen MR) is 137 cm³/mol. The Morgan fingerprint density at radius 1 is 0.939 bits per heavy atom. The van der Waals surface area contributed by atoms with Crippen LogP contribution in [0.1, 0.15) is 76.4 Å². The normalized spacial score (nSPS) is 12.0. The topological polar surface area (TPSA) is 44.8 Å². The lowest BCUT2D eigenvalue weighted by Crippen LogP contribution is -2.25. The second-order valence-electron chi connectivity index (χ2n) is 10.00. The second-order valence-corrected chi connectivity index (χ2v) is 10.00. The van der Waals surface area contributed by atoms with E-state index in [1.807, 2.05) is 53.7 Å². The van der Waals surface area contributed by atoms with Crippen molar-refractivity contribution in [3.05, 3.63) is 71.8 Å². The van der Waals surface area contributed by atoms with Gasteiger partial charge in [0.05, 0.1) is 0 Å². The van der Waals surface area contributed by atoms with Gasteiger partial charge in [-0.05, 0) is 96.0 Å². The molecular weight excluding hydrogens is 412 g/mol. The Morgan fingerprint density at radius 2 is 1.55 bits per heavy atom. The zero-order valence-corrected chi connectivity index (χ0v) is 21.2. The number of carbonyl (C=O) groups excluding carboxylic acids is 1. The van der Waals surface area contributed by atoms with E-state index < -0.39 is 0 Å². The summed E-state index contributed by atoms with van der Waals surface area (Å²) in [4.78, 5) is 12.8. The maximum absolute atomic E-state index is 12.8. The second kappa shape index (κ2) is 11.2. The lowest BCUT2D eigenvalue weighted by molar-refractivity contribution is 0.104. The standard InChI is InChI=1S/C29H38O4/c1-9-11-22-19-23(27(33-29(6,7)8)20-26(22)32-28(3,4)5)14-17-25(30)21-12-15-24(16-13-21)31-18-10-2/h10,12-17,19-20H,2,9,11,18H2,1,3-8H3. The lowest BCUT2D eigenvalue weighted by atomic mass is 10.0. The van der Waals surface area contributed by atoms with Gasteiger partial charge in [0.15, 0.2) is 5.78 Å². The maximum atomic E-state index is 12.8. The Hall–Kier alpha value is -3.01. The Kier molecular flexibility index (Phi) is 8.92. The molecule has 0 aliphatic rings. The van der Waals surface area contributed by atoms with Crippen molar-refractivity contribution >= 4 is 11.9 Å². The molecule has 0 aliphatic carbocycles. The summed E-state index contributed by atoms with van der Waals surface area (Å²) in [6.45, 7) is 18.3. The molecule has 0 heterocycles. The molecule has 0 aromatic heterocycles. The van der Waals surface area contributed by atoms with Gasteiger partial charge in [-0.15, -0.1) is 0 Å². The van der Waals surface area contributed by atoms with Gasteiger partial charge in [-0.25, -0.2) is 0 Å². The van der Waals surface area contributed by atoms with E-state index >= 15 is 0 Å². The first kappa shape index (κ1) is 26.2. The van der Waals surface area contributed by atoms with Crippen LogP contribution >= 0.6 is 0 Å². The van der Waals surface area contributed by atoms with E-state index in [4.69, 9.17) is 14.2 Å². The summed E-state index contributed by atoms with van der Waals surface area (Å²) in [6, 6.07) is 11.1. The Bertz CT molecular complexity index is 970. The molecule has 4 nitrogen and oxygen atoms in total. The van der Waals surface area contributed by atoms with Crippen molar-refractivity contribution in [1.29, 1.82) is 0 Å². The maximum Gasteiger partial charge on any atom is 0.185 e. The van der Waals surface area contributed by atoms with Crippen LogP contribution in [-0.2, 0) is 6.42 Å². The SMILES string of the molecule is C=CCOc1ccc(C(=O)C=Cc2cc(CCC)c(OC(C)(C)C)cc2OC(C)(C)C)cc1. The molecule has 0 saturated heterocycles. The molecule has 0 amide bonds. The smallest absolute Gasteiger partial charge is 0.185 e. The van der Waals surface area contributed by atoms with Gasteiger partial charge in [0.2, 0.25) is 0 Å². The fourth-order valence-corrected chi connectivity index (χ4v) is 3.20. The van der Waals surface area contributed by atoms with Crippen molar-refractivity contribution in [3.8, 4) is 17.2 Å². The van der Waals surface area contributed by atoms with Crippen LogP contribution in [0.5, 0.6) is 17.2 Å². The summed E-state index contributed by atoms with van der Waals surface area (Å²) in [5, 5.41) is 0. The highest BCUT2D eigenvalue weighted by Gasteiger charge is 2.20. The van der Waals surface area contributed by atoms with E-state index in [2.05, 4.69) is 19.6 Å². The summed E-state index contributed by atoms with van der Waals surface area (Å²) >= 11 is 0. The van der Waals surface area contributed by atoms with E-state index in [9.17, 15) is 4.79 Å². The molecule has 2 rings (SSSR count). The monoisotopic (exact) mass is 450 g/mol. The van der Waals surface area contributed by atoms with Crippen LogP contribution < -0.4 is 14.2 Å². The molecule has 0 fully saturated rings. The number of rotatable bonds is 10. The molecule has 0 atom stereocenters. The molecule has 33 heavy (non-hydrogen) atoms. The van der Waals surface area contributed by atoms with E-state index in [1.165, 1.54) is 0 Å². The Morgan fingerprint density at radius 3 is 2.09 bits per heavy atom. The van der Waals surface area contributed by atoms with Gasteiger partial charge >= 0.3 is 0 Å². The molecule has 2 aromatic carbocycles. The van der Waals surface area contributed by atoms with E-state index in [0.29, 0.717) is 23.7 Å². The highest BCUT2D eigenvalue weighted by atomic mass is 16.5. The minimum Gasteiger partial charge on any atom is -0.490 e. The van der Waals surface area contributed by atoms with Gasteiger partial charge in [-0.2, -0.15) is 0 Å². The van der Waals surface area contributed by atoms with Crippen molar-refractivity contribution in [2.24, 2.45) is 0 Å². The number of ether oxygens (including phenoxy) is 3. The van der Waals surface area contributed by atoms with Crippen molar-refractivity contribution in [3.63, 3.8) is 0 Å². The first-order chi connectivity index (χ1) is 15.4. The van der Waals surface area contributed by atoms with Crippen LogP contribution in [0.15, 0.2) is 55.1 Å². The zero-order valence-electron chi connectivity index (χ0n) is 21.2. The lowest BCUT2D eigenvalue weighted by Gasteiger charge is -2.27. The average Bonchev–Trinajstić information content (AvgIpc) is 2.71. The number of hydrogen-bond acceptors (Lipinski definition) is 4. The molecule has 178 valence electrons. The van der Waals surface area contributed by atoms with Crippen LogP contribution in [0, 0.1) is 0 Å². The quantitative estimate of drug-likeness (QED) is 0.214. The Labute approximate surface area is 199 Å². The minimum absolute atomic E-state index is 0.0842. The third kappa shape index (κ3) is 8.80. The summed E-state index contributed by atoms with van der Waals surface area (Å²) in [5.41, 5.74) is 1.84. The number of benzene rings is 2. The van der Waals surface area contributed by atoms with Crippen molar-refractivity contribution in [1.82, 2.24) is 0 Å². The summed E-state index contributed by atoms with van der Waals surface area (Å²) in [6.07, 6.45) is 6.96. The number of ketones is 1. The molecule has 0 spiro atoms. The zero-order chi connectivity index (χ0) is 24.6. The number of carbonyl (C=O) groups is 1. The number of allylic oxidation sites excluding steroid dienone is 1. The predicted octanol–water partition coefficient (Wildman–Crippen LogP) is 7.45. The fraction of sp³-hybridized carbons (Fsp3) is 0.414. The van der Waals surface area contributed by atoms with Gasteiger partial charge in [0.25, 0.3) is 0 Å². The molecule has 4 heteroatoms. The van der Waals surface area contributed by atoms with Crippen LogP contribution in [0.3, 0.4) is 0 Å². The van der Waals surface area contributed by atoms with E-state index in [-0.39, 0.29) is 17.0 Å². The molecule has 0 bridgehead atoms. The summed E-state index contributed by atoms with van der Waals surface area (Å²) in [7, 11) is 0. The van der Waals surface area contributed by atoms with Crippen LogP contribution in [-0.4, -0.2) is 23.6 Å². The largest absolute Gasteiger partial charge is 0.490 e. The molecule has 0 N–H and O–H groups in total. The van der Waals surface area contributed by atoms with Crippen molar-refractivity contribution in [2.45, 2.75) is 72.5 Å². The highest BCUT2D eigenvalue weighted by Crippen LogP contribution is 2.35. The van der Waals surface area contributed by atoms with Gasteiger partial charge < -0.3 is 14.2 Å². The molecule has 0 saturated carbocycles. The average molecular weight is 451 g/mol. The molecular formula is C29H38O4. The van der Waals surface area contributed by atoms with Crippen LogP contribution in [0.25, 0.3) is 6.08 Å². The molecule has 2 aromatic rings. The number of aryl methyl sites for hydroxylation is 1. The number of hydrogen-bond donors (Lipinski definition) is 0. The van der Waals surface area contributed by atoms with Gasteiger partial charge in [-0.3, -0.25) is 4.79 Å². The fourth-order valence-electron chi connectivity index (χ4n) is 3.20. The van der Waals surface area contributed by atoms with Crippen molar-refractivity contribution < 1.29 is 19.0 Å². The third-order valence-electron chi connectivity index (χ3n) is 4.47. The Balaban J connectivity index is 2.39. The van der Waals surface area contributed by atoms with Gasteiger partial charge in [0.1, 0.15) is 35.1 Å². The first-order valence-corrected chi connectivity index (χ1v) is 11.5. The van der Waals surface area contributed by atoms with Crippen LogP contribution in [0.4, 0.5) is 0 Å². The first-order valence-electron chi connectivity index (χ1n) is 11.5. The third-order valence-corrected chi connectivity index (χ3v) is 4.47. The van der Waals surface area contributed by atoms with Gasteiger partial charge in [0, 0.05) is 17.2 Å². The molecule has 0 aliphatic heterocycles. The summed E-state index contributed by atoms with van der Waals surface area (Å²) < 4.78 is 18.0. The summed E-state index contributed by atoms with van der Waals surface area (Å²) in [5.74, 6) is 2.13. The minimum atomic E-state index is -0.390. The van der Waals surface area contributed by atoms with E-state index in [0.717, 1.165) is 29.7 Å².